The highest BCUT2D eigenvalue weighted by atomic mass is 19.4. The van der Waals surface area contributed by atoms with Gasteiger partial charge in [0.25, 0.3) is 0 Å². The maximum Gasteiger partial charge on any atom is 0.509 e. The van der Waals surface area contributed by atoms with Crippen molar-refractivity contribution in [1.82, 2.24) is 4.98 Å². The Bertz CT molecular complexity index is 353. The second-order valence-electron chi connectivity index (χ2n) is 2.54. The molecule has 1 rings (SSSR count). The molecule has 0 aromatic carbocycles. The monoisotopic (exact) mass is 204 g/mol. The van der Waals surface area contributed by atoms with Crippen molar-refractivity contribution >= 4 is 18.4 Å². The van der Waals surface area contributed by atoms with Crippen LogP contribution in [0.2, 0.25) is 0 Å². The number of carbonyl (C=O) groups is 1. The van der Waals surface area contributed by atoms with Gasteiger partial charge in [-0.15, -0.1) is 5.46 Å². The molecule has 14 heavy (non-hydrogen) atoms. The molecule has 0 saturated heterocycles. The zero-order chi connectivity index (χ0) is 10.8. The van der Waals surface area contributed by atoms with Crippen LogP contribution in [0.25, 0.3) is 0 Å². The number of carbonyl (C=O) groups excluding carboxylic acids is 1. The van der Waals surface area contributed by atoms with E-state index in [1.54, 1.807) is 0 Å². The third-order valence-electron chi connectivity index (χ3n) is 1.56. The number of aromatic nitrogens is 1. The summed E-state index contributed by atoms with van der Waals surface area (Å²) in [6.45, 7) is -5.11. The summed E-state index contributed by atoms with van der Waals surface area (Å²) in [6.07, 6.45) is 0.927. The van der Waals surface area contributed by atoms with Crippen LogP contribution in [-0.2, 0) is 4.74 Å². The number of hydrogen-bond donors (Lipinski definition) is 0. The Balaban J connectivity index is 3.08. The average molecular weight is 204 g/mol. The highest BCUT2D eigenvalue weighted by molar-refractivity contribution is 6.73. The number of halogens is 3. The smallest absolute Gasteiger partial charge is 0.464 e. The summed E-state index contributed by atoms with van der Waals surface area (Å²) in [6, 6.07) is 1.48. The van der Waals surface area contributed by atoms with Gasteiger partial charge in [-0.2, -0.15) is 0 Å². The van der Waals surface area contributed by atoms with Crippen LogP contribution in [0.3, 0.4) is 0 Å². The van der Waals surface area contributed by atoms with Crippen molar-refractivity contribution in [2.75, 3.05) is 7.11 Å². The zero-order valence-corrected chi connectivity index (χ0v) is 7.21. The second-order valence-corrected chi connectivity index (χ2v) is 2.54. The molecule has 3 nitrogen and oxygen atoms in total. The Morgan fingerprint density at radius 2 is 2.14 bits per heavy atom. The highest BCUT2D eigenvalue weighted by Crippen LogP contribution is 2.09. The normalized spacial score (nSPS) is 11.1. The Morgan fingerprint density at radius 3 is 2.64 bits per heavy atom. The van der Waals surface area contributed by atoms with Gasteiger partial charge < -0.3 is 17.7 Å². The fourth-order valence-corrected chi connectivity index (χ4v) is 0.867. The van der Waals surface area contributed by atoms with Crippen molar-refractivity contribution in [3.63, 3.8) is 0 Å². The first kappa shape index (κ1) is 10.6. The van der Waals surface area contributed by atoms with Crippen LogP contribution in [0, 0.1) is 0 Å². The van der Waals surface area contributed by atoms with Gasteiger partial charge in [0.05, 0.1) is 7.11 Å². The molecule has 0 atom stereocenters. The van der Waals surface area contributed by atoms with Gasteiger partial charge in [-0.25, -0.2) is 9.78 Å². The molecule has 0 aliphatic carbocycles. The van der Waals surface area contributed by atoms with Crippen molar-refractivity contribution < 1.29 is 22.5 Å². The van der Waals surface area contributed by atoms with Gasteiger partial charge in [-0.05, 0) is 0 Å². The SMILES string of the molecule is COC(=O)c1cc([B-](F)(F)F)ccn1. The van der Waals surface area contributed by atoms with Crippen molar-refractivity contribution in [2.24, 2.45) is 0 Å². The predicted molar refractivity (Wildman–Crippen MR) is 44.3 cm³/mol. The molecular weight excluding hydrogens is 198 g/mol. The van der Waals surface area contributed by atoms with E-state index in [0.29, 0.717) is 6.07 Å². The minimum atomic E-state index is -5.11. The largest absolute Gasteiger partial charge is 0.509 e. The molecule has 0 unspecified atom stereocenters. The van der Waals surface area contributed by atoms with E-state index in [9.17, 15) is 17.7 Å². The Hall–Kier alpha value is -1.53. The minimum Gasteiger partial charge on any atom is -0.464 e. The van der Waals surface area contributed by atoms with E-state index >= 15 is 0 Å². The molecule has 7 heteroatoms. The minimum absolute atomic E-state index is 0.343. The van der Waals surface area contributed by atoms with Gasteiger partial charge in [-0.3, -0.25) is 0 Å². The lowest BCUT2D eigenvalue weighted by molar-refractivity contribution is 0.0594. The standard InChI is InChI=1S/C7H6BF3NO2/c1-14-7(13)6-4-5(2-3-12-6)8(9,10)11/h2-4H,1H3/q-1. The molecule has 0 N–H and O–H groups in total. The number of methoxy groups -OCH3 is 1. The van der Waals surface area contributed by atoms with Crippen LogP contribution in [-0.4, -0.2) is 25.0 Å². The maximum atomic E-state index is 12.2. The Morgan fingerprint density at radius 1 is 1.50 bits per heavy atom. The quantitative estimate of drug-likeness (QED) is 0.531. The summed E-state index contributed by atoms with van der Waals surface area (Å²) in [7, 11) is 1.08. The van der Waals surface area contributed by atoms with Crippen molar-refractivity contribution in [3.05, 3.63) is 24.0 Å². The molecule has 0 fully saturated rings. The fraction of sp³-hybridized carbons (Fsp3) is 0.143. The molecule has 1 aromatic heterocycles. The van der Waals surface area contributed by atoms with Crippen LogP contribution < -0.4 is 5.46 Å². The molecular formula is C7H6BF3NO2-. The summed E-state index contributed by atoms with van der Waals surface area (Å²) >= 11 is 0. The fourth-order valence-electron chi connectivity index (χ4n) is 0.867. The van der Waals surface area contributed by atoms with Crippen LogP contribution in [0.15, 0.2) is 18.3 Å². The molecule has 0 radical (unpaired) electrons. The molecule has 0 aliphatic rings. The van der Waals surface area contributed by atoms with E-state index < -0.39 is 18.4 Å². The second kappa shape index (κ2) is 3.69. The molecule has 0 bridgehead atoms. The third-order valence-corrected chi connectivity index (χ3v) is 1.56. The third kappa shape index (κ3) is 2.24. The van der Waals surface area contributed by atoms with E-state index in [4.69, 9.17) is 0 Å². The molecule has 0 saturated carbocycles. The van der Waals surface area contributed by atoms with Crippen LogP contribution in [0.4, 0.5) is 12.9 Å². The molecule has 1 heterocycles. The first-order valence-corrected chi connectivity index (χ1v) is 3.69. The molecule has 1 aromatic rings. The van der Waals surface area contributed by atoms with Crippen molar-refractivity contribution in [3.8, 4) is 0 Å². The lowest BCUT2D eigenvalue weighted by atomic mass is 9.80. The van der Waals surface area contributed by atoms with Gasteiger partial charge in [0.15, 0.2) is 0 Å². The van der Waals surface area contributed by atoms with E-state index in [2.05, 4.69) is 9.72 Å². The lowest BCUT2D eigenvalue weighted by Crippen LogP contribution is -2.34. The number of nitrogens with zero attached hydrogens (tertiary/aromatic N) is 1. The predicted octanol–water partition coefficient (Wildman–Crippen LogP) is 0.923. The average Bonchev–Trinajstić information content (AvgIpc) is 2.15. The van der Waals surface area contributed by atoms with Crippen LogP contribution in [0.5, 0.6) is 0 Å². The summed E-state index contributed by atoms with van der Waals surface area (Å²) in [5.41, 5.74) is -1.20. The van der Waals surface area contributed by atoms with Crippen molar-refractivity contribution in [1.29, 1.82) is 0 Å². The first-order valence-electron chi connectivity index (χ1n) is 3.69. The van der Waals surface area contributed by atoms with E-state index in [1.165, 1.54) is 0 Å². The van der Waals surface area contributed by atoms with Gasteiger partial charge >= 0.3 is 12.9 Å². The summed E-state index contributed by atoms with van der Waals surface area (Å²) in [5, 5.41) is 0. The summed E-state index contributed by atoms with van der Waals surface area (Å²) in [4.78, 5) is 14.3. The topological polar surface area (TPSA) is 39.2 Å². The Kier molecular flexibility index (Phi) is 2.78. The van der Waals surface area contributed by atoms with Gasteiger partial charge in [-0.1, -0.05) is 12.1 Å². The Labute approximate surface area is 78.0 Å². The van der Waals surface area contributed by atoms with E-state index in [1.807, 2.05) is 0 Å². The summed E-state index contributed by atoms with van der Waals surface area (Å²) < 4.78 is 40.9. The number of esters is 1. The van der Waals surface area contributed by atoms with Crippen LogP contribution in [0.1, 0.15) is 10.5 Å². The van der Waals surface area contributed by atoms with E-state index in [-0.39, 0.29) is 5.69 Å². The highest BCUT2D eigenvalue weighted by Gasteiger charge is 2.26. The van der Waals surface area contributed by atoms with Gasteiger partial charge in [0.1, 0.15) is 5.69 Å². The summed E-state index contributed by atoms with van der Waals surface area (Å²) in [5.74, 6) is -0.883. The lowest BCUT2D eigenvalue weighted by Gasteiger charge is -2.14. The number of ether oxygens (including phenoxy) is 1. The zero-order valence-electron chi connectivity index (χ0n) is 7.21. The number of hydrogen-bond acceptors (Lipinski definition) is 3. The molecule has 0 amide bonds. The molecule has 0 aliphatic heterocycles. The molecule has 0 spiro atoms. The first-order chi connectivity index (χ1) is 6.45. The van der Waals surface area contributed by atoms with Crippen LogP contribution >= 0.6 is 0 Å². The number of rotatable bonds is 2. The van der Waals surface area contributed by atoms with Crippen molar-refractivity contribution in [2.45, 2.75) is 0 Å². The number of pyridine rings is 1. The maximum absolute atomic E-state index is 12.2. The van der Waals surface area contributed by atoms with Gasteiger partial charge in [0.2, 0.25) is 0 Å². The van der Waals surface area contributed by atoms with E-state index in [0.717, 1.165) is 19.4 Å². The van der Waals surface area contributed by atoms with Gasteiger partial charge in [0, 0.05) is 6.20 Å². The molecule has 76 valence electrons.